The molecule has 0 spiro atoms. The van der Waals surface area contributed by atoms with Crippen LogP contribution in [-0.4, -0.2) is 9.97 Å². The number of aromatic nitrogens is 2. The van der Waals surface area contributed by atoms with Gasteiger partial charge in [0.2, 0.25) is 0 Å². The lowest BCUT2D eigenvalue weighted by molar-refractivity contribution is 0.292. The van der Waals surface area contributed by atoms with Gasteiger partial charge in [0.15, 0.2) is 5.82 Å². The van der Waals surface area contributed by atoms with Crippen LogP contribution in [0.2, 0.25) is 0 Å². The summed E-state index contributed by atoms with van der Waals surface area (Å²) < 4.78 is 32.6. The monoisotopic (exact) mass is 275 g/mol. The van der Waals surface area contributed by atoms with Crippen LogP contribution in [-0.2, 0) is 6.61 Å². The summed E-state index contributed by atoms with van der Waals surface area (Å²) in [5.41, 5.74) is 5.82. The number of hydrogen-bond acceptors (Lipinski definition) is 3. The van der Waals surface area contributed by atoms with Crippen molar-refractivity contribution in [1.82, 2.24) is 9.97 Å². The Morgan fingerprint density at radius 2 is 2.10 bits per heavy atom. The fraction of sp³-hybridized carbons (Fsp3) is 0.0714. The number of rotatable bonds is 3. The van der Waals surface area contributed by atoms with Crippen molar-refractivity contribution in [2.45, 2.75) is 6.61 Å². The number of nitrogens with one attached hydrogen (secondary N) is 1. The van der Waals surface area contributed by atoms with E-state index in [4.69, 9.17) is 10.5 Å². The van der Waals surface area contributed by atoms with Gasteiger partial charge in [0.1, 0.15) is 23.8 Å². The van der Waals surface area contributed by atoms with Crippen LogP contribution in [0.15, 0.2) is 36.7 Å². The van der Waals surface area contributed by atoms with E-state index >= 15 is 0 Å². The summed E-state index contributed by atoms with van der Waals surface area (Å²) in [6, 6.07) is 5.87. The third-order valence-electron chi connectivity index (χ3n) is 2.97. The number of hydrogen-bond donors (Lipinski definition) is 2. The number of pyridine rings is 1. The second-order valence-corrected chi connectivity index (χ2v) is 4.30. The standard InChI is InChI=1S/C14H11F2N3O/c15-11-1-2-12(17)13(16)10(11)7-20-9-5-8-3-4-18-14(8)19-6-9/h1-6H,7,17H2,(H,18,19). The summed E-state index contributed by atoms with van der Waals surface area (Å²) in [6.45, 7) is -0.250. The van der Waals surface area contributed by atoms with Crippen LogP contribution in [0.1, 0.15) is 5.56 Å². The van der Waals surface area contributed by atoms with E-state index in [0.29, 0.717) is 5.75 Å². The minimum absolute atomic E-state index is 0.107. The first-order valence-corrected chi connectivity index (χ1v) is 5.93. The Kier molecular flexibility index (Phi) is 2.98. The van der Waals surface area contributed by atoms with Gasteiger partial charge >= 0.3 is 0 Å². The molecule has 3 rings (SSSR count). The second kappa shape index (κ2) is 4.80. The summed E-state index contributed by atoms with van der Waals surface area (Å²) in [6.07, 6.45) is 3.24. The maximum absolute atomic E-state index is 13.7. The quantitative estimate of drug-likeness (QED) is 0.722. The number of aromatic amines is 1. The van der Waals surface area contributed by atoms with Crippen LogP contribution < -0.4 is 10.5 Å². The molecule has 3 aromatic rings. The zero-order valence-corrected chi connectivity index (χ0v) is 10.4. The van der Waals surface area contributed by atoms with E-state index in [1.165, 1.54) is 12.3 Å². The molecule has 0 bridgehead atoms. The van der Waals surface area contributed by atoms with Gasteiger partial charge in [-0.3, -0.25) is 0 Å². The molecule has 1 aromatic carbocycles. The molecule has 0 radical (unpaired) electrons. The molecule has 3 N–H and O–H groups in total. The summed E-state index contributed by atoms with van der Waals surface area (Å²) >= 11 is 0. The first kappa shape index (κ1) is 12.4. The Morgan fingerprint density at radius 3 is 2.95 bits per heavy atom. The lowest BCUT2D eigenvalue weighted by Crippen LogP contribution is -2.05. The molecule has 2 heterocycles. The van der Waals surface area contributed by atoms with Crippen molar-refractivity contribution in [3.8, 4) is 5.75 Å². The third-order valence-corrected chi connectivity index (χ3v) is 2.97. The maximum Gasteiger partial charge on any atom is 0.155 e. The Bertz CT molecular complexity index is 770. The van der Waals surface area contributed by atoms with Gasteiger partial charge in [0, 0.05) is 11.6 Å². The molecule has 0 fully saturated rings. The van der Waals surface area contributed by atoms with Crippen LogP contribution in [0.5, 0.6) is 5.75 Å². The molecular weight excluding hydrogens is 264 g/mol. The molecule has 20 heavy (non-hydrogen) atoms. The van der Waals surface area contributed by atoms with E-state index in [9.17, 15) is 8.78 Å². The number of nitrogen functional groups attached to an aromatic ring is 1. The van der Waals surface area contributed by atoms with Crippen molar-refractivity contribution in [3.05, 3.63) is 53.9 Å². The number of nitrogens with zero attached hydrogens (tertiary/aromatic N) is 1. The summed E-state index contributed by atoms with van der Waals surface area (Å²) in [4.78, 5) is 7.07. The predicted molar refractivity (Wildman–Crippen MR) is 71.2 cm³/mol. The average molecular weight is 275 g/mol. The molecule has 0 amide bonds. The topological polar surface area (TPSA) is 63.9 Å². The molecule has 4 nitrogen and oxygen atoms in total. The molecule has 6 heteroatoms. The average Bonchev–Trinajstić information content (AvgIpc) is 2.90. The summed E-state index contributed by atoms with van der Waals surface area (Å²) in [5, 5.41) is 0.857. The fourth-order valence-electron chi connectivity index (χ4n) is 1.90. The molecule has 0 unspecified atom stereocenters. The number of ether oxygens (including phenoxy) is 1. The smallest absolute Gasteiger partial charge is 0.155 e. The molecule has 0 saturated carbocycles. The molecule has 0 aliphatic heterocycles. The summed E-state index contributed by atoms with van der Waals surface area (Å²) in [7, 11) is 0. The molecule has 0 saturated heterocycles. The van der Waals surface area contributed by atoms with Gasteiger partial charge in [-0.15, -0.1) is 0 Å². The van der Waals surface area contributed by atoms with E-state index in [1.54, 1.807) is 12.3 Å². The van der Waals surface area contributed by atoms with Crippen molar-refractivity contribution in [1.29, 1.82) is 0 Å². The Hall–Kier alpha value is -2.63. The highest BCUT2D eigenvalue weighted by atomic mass is 19.1. The van der Waals surface area contributed by atoms with Gasteiger partial charge < -0.3 is 15.5 Å². The number of fused-ring (bicyclic) bond motifs is 1. The zero-order valence-electron chi connectivity index (χ0n) is 10.4. The van der Waals surface area contributed by atoms with E-state index < -0.39 is 11.6 Å². The molecule has 2 aromatic heterocycles. The number of nitrogens with two attached hydrogens (primary N) is 1. The maximum atomic E-state index is 13.7. The molecule has 102 valence electrons. The lowest BCUT2D eigenvalue weighted by atomic mass is 10.2. The minimum atomic E-state index is -0.791. The number of H-pyrrole nitrogens is 1. The van der Waals surface area contributed by atoms with Crippen molar-refractivity contribution in [2.75, 3.05) is 5.73 Å². The summed E-state index contributed by atoms with van der Waals surface area (Å²) in [5.74, 6) is -1.05. The normalized spacial score (nSPS) is 10.9. The number of benzene rings is 1. The Morgan fingerprint density at radius 1 is 1.25 bits per heavy atom. The van der Waals surface area contributed by atoms with Crippen molar-refractivity contribution in [3.63, 3.8) is 0 Å². The van der Waals surface area contributed by atoms with Crippen molar-refractivity contribution >= 4 is 16.7 Å². The van der Waals surface area contributed by atoms with Gasteiger partial charge in [-0.1, -0.05) is 0 Å². The highest BCUT2D eigenvalue weighted by molar-refractivity contribution is 5.76. The molecule has 0 aliphatic carbocycles. The van der Waals surface area contributed by atoms with E-state index in [1.807, 2.05) is 6.07 Å². The zero-order chi connectivity index (χ0) is 14.1. The van der Waals surface area contributed by atoms with Crippen LogP contribution in [0.25, 0.3) is 11.0 Å². The van der Waals surface area contributed by atoms with Crippen LogP contribution in [0.3, 0.4) is 0 Å². The van der Waals surface area contributed by atoms with E-state index in [0.717, 1.165) is 17.1 Å². The van der Waals surface area contributed by atoms with E-state index in [-0.39, 0.29) is 17.9 Å². The van der Waals surface area contributed by atoms with E-state index in [2.05, 4.69) is 9.97 Å². The Labute approximate surface area is 113 Å². The first-order chi connectivity index (χ1) is 9.65. The first-order valence-electron chi connectivity index (χ1n) is 5.93. The fourth-order valence-corrected chi connectivity index (χ4v) is 1.90. The predicted octanol–water partition coefficient (Wildman–Crippen LogP) is 3.00. The van der Waals surface area contributed by atoms with Crippen LogP contribution >= 0.6 is 0 Å². The molecule has 0 atom stereocenters. The van der Waals surface area contributed by atoms with Gasteiger partial charge in [0.25, 0.3) is 0 Å². The largest absolute Gasteiger partial charge is 0.487 e. The molecule has 0 aliphatic rings. The van der Waals surface area contributed by atoms with Gasteiger partial charge in [0.05, 0.1) is 17.4 Å². The van der Waals surface area contributed by atoms with Gasteiger partial charge in [-0.05, 0) is 24.3 Å². The van der Waals surface area contributed by atoms with Crippen LogP contribution in [0.4, 0.5) is 14.5 Å². The van der Waals surface area contributed by atoms with Crippen LogP contribution in [0, 0.1) is 11.6 Å². The minimum Gasteiger partial charge on any atom is -0.487 e. The molecular formula is C14H11F2N3O. The van der Waals surface area contributed by atoms with Gasteiger partial charge in [-0.2, -0.15) is 0 Å². The van der Waals surface area contributed by atoms with Crippen molar-refractivity contribution in [2.24, 2.45) is 0 Å². The second-order valence-electron chi connectivity index (χ2n) is 4.30. The van der Waals surface area contributed by atoms with Crippen molar-refractivity contribution < 1.29 is 13.5 Å². The highest BCUT2D eigenvalue weighted by Gasteiger charge is 2.13. The SMILES string of the molecule is Nc1ccc(F)c(COc2cnc3[nH]ccc3c2)c1F. The number of anilines is 1. The number of halogens is 2. The lowest BCUT2D eigenvalue weighted by Gasteiger charge is -2.09. The Balaban J connectivity index is 1.84. The van der Waals surface area contributed by atoms with Gasteiger partial charge in [-0.25, -0.2) is 13.8 Å². The highest BCUT2D eigenvalue weighted by Crippen LogP contribution is 2.22. The third kappa shape index (κ3) is 2.16.